The first kappa shape index (κ1) is 21.0. The molecule has 0 heterocycles. The molecule has 0 radical (unpaired) electrons. The van der Waals surface area contributed by atoms with Crippen LogP contribution in [0.5, 0.6) is 0 Å². The summed E-state index contributed by atoms with van der Waals surface area (Å²) in [5.41, 5.74) is 1.25. The summed E-state index contributed by atoms with van der Waals surface area (Å²) in [6.45, 7) is 0. The number of hydrogen-bond donors (Lipinski definition) is 0. The van der Waals surface area contributed by atoms with Gasteiger partial charge in [-0.1, -0.05) is 153 Å². The lowest BCUT2D eigenvalue weighted by atomic mass is 10.2. The predicted octanol–water partition coefficient (Wildman–Crippen LogP) is 6.92. The summed E-state index contributed by atoms with van der Waals surface area (Å²) in [5, 5.41) is 4.19. The summed E-state index contributed by atoms with van der Waals surface area (Å²) in [4.78, 5) is 0. The van der Waals surface area contributed by atoms with Crippen LogP contribution in [0.3, 0.4) is 0 Å². The molecule has 0 aliphatic heterocycles. The lowest BCUT2D eigenvalue weighted by molar-refractivity contribution is 1.43. The van der Waals surface area contributed by atoms with E-state index in [1.807, 2.05) is 18.2 Å². The minimum Gasteiger partial charge on any atom is -0.0712 e. The van der Waals surface area contributed by atoms with Crippen molar-refractivity contribution in [2.75, 3.05) is 0 Å². The molecule has 4 aromatic carbocycles. The van der Waals surface area contributed by atoms with E-state index >= 15 is 0 Å². The summed E-state index contributed by atoms with van der Waals surface area (Å²) in [6.07, 6.45) is 0. The first-order chi connectivity index (χ1) is 13.8. The molecule has 28 heavy (non-hydrogen) atoms. The molecule has 0 atom stereocenters. The van der Waals surface area contributed by atoms with E-state index in [9.17, 15) is 0 Å². The molecular formula is C25H21Br2P. The summed E-state index contributed by atoms with van der Waals surface area (Å²) < 4.78 is 0.284. The molecule has 0 spiro atoms. The second-order valence-corrected chi connectivity index (χ2v) is 11.3. The van der Waals surface area contributed by atoms with Gasteiger partial charge in [0.25, 0.3) is 0 Å². The average molecular weight is 512 g/mol. The van der Waals surface area contributed by atoms with Gasteiger partial charge in [-0.3, -0.25) is 0 Å². The Kier molecular flexibility index (Phi) is 8.48. The third-order valence-corrected chi connectivity index (χ3v) is 7.60. The van der Waals surface area contributed by atoms with Gasteiger partial charge in [-0.05, 0) is 29.4 Å². The fraction of sp³-hybridized carbons (Fsp3) is 0.0400. The number of rotatable bonds is 4. The van der Waals surface area contributed by atoms with Crippen molar-refractivity contribution in [3.63, 3.8) is 0 Å². The highest BCUT2D eigenvalue weighted by molar-refractivity contribution is 9.24. The lowest BCUT2D eigenvalue weighted by Gasteiger charge is -2.18. The first-order valence-corrected chi connectivity index (χ1v) is 12.2. The Morgan fingerprint density at radius 2 is 0.714 bits per heavy atom. The maximum atomic E-state index is 3.40. The minimum atomic E-state index is -0.446. The number of halogens is 2. The highest BCUT2D eigenvalue weighted by Gasteiger charge is 2.14. The third-order valence-electron chi connectivity index (χ3n) is 4.09. The molecule has 3 heteroatoms. The zero-order valence-corrected chi connectivity index (χ0v) is 19.4. The molecule has 0 nitrogen and oxygen atoms in total. The van der Waals surface area contributed by atoms with E-state index in [0.29, 0.717) is 0 Å². The van der Waals surface area contributed by atoms with Gasteiger partial charge < -0.3 is 0 Å². The topological polar surface area (TPSA) is 0 Å². The van der Waals surface area contributed by atoms with E-state index in [1.54, 1.807) is 0 Å². The van der Waals surface area contributed by atoms with Crippen molar-refractivity contribution in [2.45, 2.75) is 3.74 Å². The van der Waals surface area contributed by atoms with Crippen LogP contribution in [0.1, 0.15) is 9.30 Å². The van der Waals surface area contributed by atoms with E-state index in [2.05, 4.69) is 135 Å². The molecule has 140 valence electrons. The Hall–Kier alpha value is -1.73. The molecular weight excluding hydrogens is 491 g/mol. The van der Waals surface area contributed by atoms with E-state index in [1.165, 1.54) is 21.5 Å². The third kappa shape index (κ3) is 6.14. The molecule has 0 unspecified atom stereocenters. The molecule has 0 N–H and O–H groups in total. The Labute approximate surface area is 185 Å². The normalized spacial score (nSPS) is 10.4. The van der Waals surface area contributed by atoms with Gasteiger partial charge in [0, 0.05) is 0 Å². The van der Waals surface area contributed by atoms with Crippen molar-refractivity contribution in [1.82, 2.24) is 0 Å². The number of benzene rings is 4. The molecule has 0 fully saturated rings. The van der Waals surface area contributed by atoms with Gasteiger partial charge in [-0.25, -0.2) is 0 Å². The van der Waals surface area contributed by atoms with Crippen LogP contribution in [0.25, 0.3) is 0 Å². The van der Waals surface area contributed by atoms with Crippen molar-refractivity contribution in [3.05, 3.63) is 127 Å². The molecule has 0 amide bonds. The lowest BCUT2D eigenvalue weighted by Crippen LogP contribution is -2.20. The Morgan fingerprint density at radius 1 is 0.429 bits per heavy atom. The highest BCUT2D eigenvalue weighted by atomic mass is 79.9. The van der Waals surface area contributed by atoms with Gasteiger partial charge in [0.2, 0.25) is 0 Å². The molecule has 0 aromatic heterocycles. The van der Waals surface area contributed by atoms with Crippen molar-refractivity contribution in [3.8, 4) is 0 Å². The summed E-state index contributed by atoms with van der Waals surface area (Å²) >= 11 is 6.80. The van der Waals surface area contributed by atoms with Gasteiger partial charge in [0.15, 0.2) is 0 Å². The van der Waals surface area contributed by atoms with Crippen molar-refractivity contribution < 1.29 is 0 Å². The molecule has 0 saturated heterocycles. The van der Waals surface area contributed by atoms with Crippen molar-refractivity contribution in [1.29, 1.82) is 0 Å². The van der Waals surface area contributed by atoms with Crippen LogP contribution in [-0.4, -0.2) is 0 Å². The highest BCUT2D eigenvalue weighted by Crippen LogP contribution is 2.32. The molecule has 0 aliphatic carbocycles. The summed E-state index contributed by atoms with van der Waals surface area (Å²) in [7, 11) is -0.446. The largest absolute Gasteiger partial charge is 0.0946 e. The fourth-order valence-corrected chi connectivity index (χ4v) is 5.69. The second kappa shape index (κ2) is 11.3. The molecule has 0 bridgehead atoms. The quantitative estimate of drug-likeness (QED) is 0.206. The fourth-order valence-electron chi connectivity index (χ4n) is 2.78. The van der Waals surface area contributed by atoms with E-state index in [4.69, 9.17) is 0 Å². The number of alkyl halides is 2. The molecule has 4 aromatic rings. The second-order valence-electron chi connectivity index (χ2n) is 6.05. The van der Waals surface area contributed by atoms with E-state index in [0.717, 1.165) is 0 Å². The van der Waals surface area contributed by atoms with Crippen molar-refractivity contribution >= 4 is 55.7 Å². The number of hydrogen-bond acceptors (Lipinski definition) is 0. The Bertz CT molecular complexity index is 833. The van der Waals surface area contributed by atoms with Gasteiger partial charge in [0.1, 0.15) is 0 Å². The Balaban J connectivity index is 0.000000211. The van der Waals surface area contributed by atoms with Gasteiger partial charge in [-0.2, -0.15) is 0 Å². The monoisotopic (exact) mass is 510 g/mol. The van der Waals surface area contributed by atoms with E-state index in [-0.39, 0.29) is 3.74 Å². The smallest absolute Gasteiger partial charge is 0.0712 e. The van der Waals surface area contributed by atoms with Crippen LogP contribution in [0.2, 0.25) is 0 Å². The molecule has 0 saturated carbocycles. The van der Waals surface area contributed by atoms with Crippen LogP contribution in [0.15, 0.2) is 121 Å². The standard InChI is InChI=1S/C18H15P.C7H6Br2/c1-4-10-16(11-5-1)19(17-12-6-2-7-13-17)18-14-8-3-9-15-18;8-7(9)6-4-2-1-3-5-6/h1-15H;1-5,7H. The first-order valence-electron chi connectivity index (χ1n) is 9.04. The maximum absolute atomic E-state index is 3.40. The maximum Gasteiger partial charge on any atom is 0.0946 e. The zero-order chi connectivity index (χ0) is 19.6. The summed E-state index contributed by atoms with van der Waals surface area (Å²) in [5.74, 6) is 0. The van der Waals surface area contributed by atoms with Gasteiger partial charge in [0.05, 0.1) is 3.74 Å². The molecule has 0 aliphatic rings. The predicted molar refractivity (Wildman–Crippen MR) is 132 cm³/mol. The minimum absolute atomic E-state index is 0.284. The van der Waals surface area contributed by atoms with Crippen LogP contribution in [0, 0.1) is 0 Å². The van der Waals surface area contributed by atoms with Crippen LogP contribution < -0.4 is 15.9 Å². The van der Waals surface area contributed by atoms with Crippen LogP contribution in [0.4, 0.5) is 0 Å². The average Bonchev–Trinajstić information content (AvgIpc) is 2.77. The Morgan fingerprint density at radius 3 is 0.964 bits per heavy atom. The van der Waals surface area contributed by atoms with Gasteiger partial charge >= 0.3 is 0 Å². The molecule has 4 rings (SSSR count). The van der Waals surface area contributed by atoms with Crippen molar-refractivity contribution in [2.24, 2.45) is 0 Å². The SMILES string of the molecule is BrC(Br)c1ccccc1.c1ccc(P(c2ccccc2)c2ccccc2)cc1. The van der Waals surface area contributed by atoms with Crippen LogP contribution >= 0.6 is 39.8 Å². The van der Waals surface area contributed by atoms with Gasteiger partial charge in [-0.15, -0.1) is 0 Å². The van der Waals surface area contributed by atoms with E-state index < -0.39 is 7.92 Å². The van der Waals surface area contributed by atoms with Crippen LogP contribution in [-0.2, 0) is 0 Å². The zero-order valence-electron chi connectivity index (χ0n) is 15.3. The summed E-state index contributed by atoms with van der Waals surface area (Å²) in [6, 6.07) is 42.5.